The zero-order chi connectivity index (χ0) is 14.8. The summed E-state index contributed by atoms with van der Waals surface area (Å²) >= 11 is 3.43. The molecule has 20 heavy (non-hydrogen) atoms. The van der Waals surface area contributed by atoms with E-state index in [2.05, 4.69) is 21.2 Å². The van der Waals surface area contributed by atoms with Gasteiger partial charge in [-0.05, 0) is 43.9 Å². The molecule has 0 bridgehead atoms. The molecule has 1 fully saturated rings. The lowest BCUT2D eigenvalue weighted by Gasteiger charge is -2.20. The number of amides is 1. The maximum Gasteiger partial charge on any atom is 0.303 e. The third kappa shape index (κ3) is 3.39. The average molecular weight is 340 g/mol. The Morgan fingerprint density at radius 3 is 2.70 bits per heavy atom. The minimum absolute atomic E-state index is 0.00786. The monoisotopic (exact) mass is 339 g/mol. The van der Waals surface area contributed by atoms with Crippen LogP contribution in [0.5, 0.6) is 0 Å². The van der Waals surface area contributed by atoms with Gasteiger partial charge in [0.15, 0.2) is 0 Å². The molecule has 1 atom stereocenters. The number of carbonyl (C=O) groups is 2. The maximum absolute atomic E-state index is 12.4. The first-order chi connectivity index (χ1) is 9.44. The minimum atomic E-state index is -0.834. The summed E-state index contributed by atoms with van der Waals surface area (Å²) in [6, 6.07) is 7.70. The van der Waals surface area contributed by atoms with Gasteiger partial charge in [-0.3, -0.25) is 9.59 Å². The molecule has 2 rings (SSSR count). The second-order valence-corrected chi connectivity index (χ2v) is 6.32. The number of hydrogen-bond donors (Lipinski definition) is 2. The number of carbonyl (C=O) groups excluding carboxylic acids is 1. The first-order valence-corrected chi connectivity index (χ1v) is 7.52. The summed E-state index contributed by atoms with van der Waals surface area (Å²) in [5, 5.41) is 11.6. The second kappa shape index (κ2) is 5.95. The summed E-state index contributed by atoms with van der Waals surface area (Å²) in [4.78, 5) is 23.0. The van der Waals surface area contributed by atoms with E-state index in [1.165, 1.54) is 0 Å². The van der Waals surface area contributed by atoms with Gasteiger partial charge in [0.05, 0.1) is 5.41 Å². The fourth-order valence-corrected chi connectivity index (χ4v) is 2.73. The molecule has 1 amide bonds. The predicted molar refractivity (Wildman–Crippen MR) is 79.5 cm³/mol. The van der Waals surface area contributed by atoms with Crippen molar-refractivity contribution in [3.05, 3.63) is 34.3 Å². The van der Waals surface area contributed by atoms with Crippen LogP contribution in [0.1, 0.15) is 38.2 Å². The topological polar surface area (TPSA) is 66.4 Å². The summed E-state index contributed by atoms with van der Waals surface area (Å²) in [7, 11) is 0. The van der Waals surface area contributed by atoms with Crippen molar-refractivity contribution in [1.82, 2.24) is 5.32 Å². The number of nitrogens with one attached hydrogen (secondary N) is 1. The van der Waals surface area contributed by atoms with Crippen molar-refractivity contribution < 1.29 is 14.7 Å². The fourth-order valence-electron chi connectivity index (χ4n) is 2.33. The number of carboxylic acid groups (broad SMARTS) is 1. The van der Waals surface area contributed by atoms with Gasteiger partial charge in [-0.25, -0.2) is 0 Å². The zero-order valence-electron chi connectivity index (χ0n) is 11.4. The van der Waals surface area contributed by atoms with E-state index in [1.807, 2.05) is 31.2 Å². The van der Waals surface area contributed by atoms with Crippen LogP contribution in [0.15, 0.2) is 28.7 Å². The van der Waals surface area contributed by atoms with E-state index in [0.717, 1.165) is 22.9 Å². The largest absolute Gasteiger partial charge is 0.481 e. The van der Waals surface area contributed by atoms with Gasteiger partial charge < -0.3 is 10.4 Å². The number of rotatable bonds is 6. The third-order valence-electron chi connectivity index (χ3n) is 3.73. The smallest absolute Gasteiger partial charge is 0.303 e. The van der Waals surface area contributed by atoms with Gasteiger partial charge in [0.2, 0.25) is 5.91 Å². The van der Waals surface area contributed by atoms with Crippen molar-refractivity contribution >= 4 is 27.8 Å². The molecule has 1 saturated carbocycles. The first-order valence-electron chi connectivity index (χ1n) is 6.73. The van der Waals surface area contributed by atoms with E-state index in [0.29, 0.717) is 6.42 Å². The Bertz CT molecular complexity index is 526. The van der Waals surface area contributed by atoms with Crippen LogP contribution in [0.3, 0.4) is 0 Å². The number of benzene rings is 1. The summed E-state index contributed by atoms with van der Waals surface area (Å²) in [5.41, 5.74) is 0.608. The second-order valence-electron chi connectivity index (χ2n) is 5.40. The van der Waals surface area contributed by atoms with Gasteiger partial charge in [0.25, 0.3) is 0 Å². The lowest BCUT2D eigenvalue weighted by Crippen LogP contribution is -2.40. The molecule has 108 valence electrons. The van der Waals surface area contributed by atoms with Gasteiger partial charge in [-0.15, -0.1) is 0 Å². The van der Waals surface area contributed by atoms with Gasteiger partial charge in [-0.1, -0.05) is 28.1 Å². The van der Waals surface area contributed by atoms with E-state index >= 15 is 0 Å². The maximum atomic E-state index is 12.4. The molecule has 0 aliphatic heterocycles. The van der Waals surface area contributed by atoms with Gasteiger partial charge in [0, 0.05) is 16.9 Å². The van der Waals surface area contributed by atoms with Crippen LogP contribution >= 0.6 is 15.9 Å². The molecule has 1 aromatic rings. The minimum Gasteiger partial charge on any atom is -0.481 e. The van der Waals surface area contributed by atoms with Crippen LogP contribution in [-0.2, 0) is 15.0 Å². The van der Waals surface area contributed by atoms with Gasteiger partial charge in [-0.2, -0.15) is 0 Å². The van der Waals surface area contributed by atoms with Crippen molar-refractivity contribution in [2.24, 2.45) is 0 Å². The highest BCUT2D eigenvalue weighted by Crippen LogP contribution is 2.48. The normalized spacial score (nSPS) is 17.3. The molecule has 0 heterocycles. The Morgan fingerprint density at radius 1 is 1.45 bits per heavy atom. The third-order valence-corrected chi connectivity index (χ3v) is 4.22. The Hall–Kier alpha value is -1.36. The van der Waals surface area contributed by atoms with Crippen molar-refractivity contribution in [1.29, 1.82) is 0 Å². The summed E-state index contributed by atoms with van der Waals surface area (Å²) in [5.74, 6) is -0.826. The Labute approximate surface area is 126 Å². The SMILES string of the molecule is CC(CCC(=O)O)NC(=O)C1(c2cccc(Br)c2)CC1. The molecule has 0 spiro atoms. The molecule has 5 heteroatoms. The van der Waals surface area contributed by atoms with Crippen LogP contribution in [0, 0.1) is 0 Å². The quantitative estimate of drug-likeness (QED) is 0.837. The van der Waals surface area contributed by atoms with E-state index < -0.39 is 11.4 Å². The summed E-state index contributed by atoms with van der Waals surface area (Å²) < 4.78 is 0.966. The molecular formula is C15H18BrNO3. The fraction of sp³-hybridized carbons (Fsp3) is 0.467. The Balaban J connectivity index is 2.00. The highest BCUT2D eigenvalue weighted by atomic mass is 79.9. The van der Waals surface area contributed by atoms with Crippen LogP contribution in [0.25, 0.3) is 0 Å². The van der Waals surface area contributed by atoms with Gasteiger partial charge >= 0.3 is 5.97 Å². The van der Waals surface area contributed by atoms with Crippen LogP contribution in [0.2, 0.25) is 0 Å². The summed E-state index contributed by atoms with van der Waals surface area (Å²) in [6.45, 7) is 1.85. The Kier molecular flexibility index (Phi) is 4.48. The van der Waals surface area contributed by atoms with Crippen molar-refractivity contribution in [3.8, 4) is 0 Å². The highest BCUT2D eigenvalue weighted by molar-refractivity contribution is 9.10. The molecule has 2 N–H and O–H groups in total. The van der Waals surface area contributed by atoms with Gasteiger partial charge in [0.1, 0.15) is 0 Å². The highest BCUT2D eigenvalue weighted by Gasteiger charge is 2.51. The van der Waals surface area contributed by atoms with Crippen molar-refractivity contribution in [2.45, 2.75) is 44.1 Å². The molecule has 1 aromatic carbocycles. The number of aliphatic carboxylic acids is 1. The molecule has 0 radical (unpaired) electrons. The van der Waals surface area contributed by atoms with Crippen LogP contribution in [-0.4, -0.2) is 23.0 Å². The predicted octanol–water partition coefficient (Wildman–Crippen LogP) is 2.85. The van der Waals surface area contributed by atoms with E-state index in [9.17, 15) is 9.59 Å². The van der Waals surface area contributed by atoms with Crippen LogP contribution in [0.4, 0.5) is 0 Å². The van der Waals surface area contributed by atoms with E-state index in [1.54, 1.807) is 0 Å². The molecule has 1 aliphatic carbocycles. The Morgan fingerprint density at radius 2 is 2.15 bits per heavy atom. The number of carboxylic acids is 1. The van der Waals surface area contributed by atoms with Crippen molar-refractivity contribution in [2.75, 3.05) is 0 Å². The summed E-state index contributed by atoms with van der Waals surface area (Å²) in [6.07, 6.45) is 2.23. The number of halogens is 1. The molecule has 0 aromatic heterocycles. The van der Waals surface area contributed by atoms with Crippen LogP contribution < -0.4 is 5.32 Å². The van der Waals surface area contributed by atoms with E-state index in [-0.39, 0.29) is 18.4 Å². The average Bonchev–Trinajstić information content (AvgIpc) is 3.18. The molecule has 0 saturated heterocycles. The number of hydrogen-bond acceptors (Lipinski definition) is 2. The molecule has 4 nitrogen and oxygen atoms in total. The lowest BCUT2D eigenvalue weighted by molar-refractivity contribution is -0.137. The van der Waals surface area contributed by atoms with Crippen molar-refractivity contribution in [3.63, 3.8) is 0 Å². The lowest BCUT2D eigenvalue weighted by atomic mass is 9.94. The molecule has 1 aliphatic rings. The van der Waals surface area contributed by atoms with E-state index in [4.69, 9.17) is 5.11 Å². The first kappa shape index (κ1) is 15.0. The molecular weight excluding hydrogens is 322 g/mol. The molecule has 1 unspecified atom stereocenters. The zero-order valence-corrected chi connectivity index (χ0v) is 12.9. The standard InChI is InChI=1S/C15H18BrNO3/c1-10(5-6-13(18)19)17-14(20)15(7-8-15)11-3-2-4-12(16)9-11/h2-4,9-10H,5-8H2,1H3,(H,17,20)(H,18,19).